The molecule has 3 nitrogen and oxygen atoms in total. The normalized spacial score (nSPS) is 30.6. The van der Waals surface area contributed by atoms with Crippen LogP contribution in [0.2, 0.25) is 0 Å². The monoisotopic (exact) mass is 171 g/mol. The van der Waals surface area contributed by atoms with Gasteiger partial charge in [0.1, 0.15) is 0 Å². The van der Waals surface area contributed by atoms with E-state index in [9.17, 15) is 4.79 Å². The van der Waals surface area contributed by atoms with Crippen LogP contribution in [-0.4, -0.2) is 23.7 Å². The predicted octanol–water partition coefficient (Wildman–Crippen LogP) is 1.10. The zero-order valence-electron chi connectivity index (χ0n) is 7.71. The summed E-state index contributed by atoms with van der Waals surface area (Å²) in [5, 5.41) is 12.0. The maximum atomic E-state index is 10.6. The molecule has 0 aromatic rings. The lowest BCUT2D eigenvalue weighted by atomic mass is 9.89. The van der Waals surface area contributed by atoms with E-state index in [0.29, 0.717) is 18.5 Å². The summed E-state index contributed by atoms with van der Waals surface area (Å²) >= 11 is 0. The lowest BCUT2D eigenvalue weighted by molar-refractivity contribution is -0.142. The van der Waals surface area contributed by atoms with Crippen LogP contribution in [0.15, 0.2) is 0 Å². The van der Waals surface area contributed by atoms with Crippen molar-refractivity contribution in [3.8, 4) is 0 Å². The summed E-state index contributed by atoms with van der Waals surface area (Å²) in [6.45, 7) is 4.97. The first-order chi connectivity index (χ1) is 5.61. The Bertz CT molecular complexity index is 160. The fraction of sp³-hybridized carbons (Fsp3) is 0.889. The molecule has 1 aliphatic heterocycles. The molecule has 0 radical (unpaired) electrons. The van der Waals surface area contributed by atoms with E-state index in [0.717, 1.165) is 12.8 Å². The van der Waals surface area contributed by atoms with Crippen LogP contribution in [-0.2, 0) is 4.79 Å². The van der Waals surface area contributed by atoms with Gasteiger partial charge in [-0.1, -0.05) is 13.8 Å². The summed E-state index contributed by atoms with van der Waals surface area (Å²) in [6.07, 6.45) is 1.82. The van der Waals surface area contributed by atoms with E-state index in [4.69, 9.17) is 5.11 Å². The van der Waals surface area contributed by atoms with Gasteiger partial charge in [-0.3, -0.25) is 4.79 Å². The third-order valence-corrected chi connectivity index (χ3v) is 2.61. The van der Waals surface area contributed by atoms with Gasteiger partial charge < -0.3 is 10.4 Å². The van der Waals surface area contributed by atoms with Gasteiger partial charge in [0, 0.05) is 12.6 Å². The Kier molecular flexibility index (Phi) is 3.09. The molecule has 2 atom stereocenters. The molecule has 70 valence electrons. The minimum atomic E-state index is -0.662. The summed E-state index contributed by atoms with van der Waals surface area (Å²) in [7, 11) is 0. The molecule has 0 spiro atoms. The van der Waals surface area contributed by atoms with Crippen molar-refractivity contribution in [2.24, 2.45) is 11.8 Å². The molecule has 0 amide bonds. The molecule has 0 bridgehead atoms. The van der Waals surface area contributed by atoms with E-state index >= 15 is 0 Å². The summed E-state index contributed by atoms with van der Waals surface area (Å²) < 4.78 is 0. The zero-order chi connectivity index (χ0) is 9.14. The van der Waals surface area contributed by atoms with Crippen LogP contribution >= 0.6 is 0 Å². The van der Waals surface area contributed by atoms with E-state index in [1.165, 1.54) is 0 Å². The van der Waals surface area contributed by atoms with Crippen molar-refractivity contribution < 1.29 is 9.90 Å². The lowest BCUT2D eigenvalue weighted by Gasteiger charge is -2.30. The van der Waals surface area contributed by atoms with Gasteiger partial charge in [0.25, 0.3) is 0 Å². The molecular formula is C9H17NO2. The van der Waals surface area contributed by atoms with Crippen molar-refractivity contribution in [2.45, 2.75) is 32.7 Å². The number of hydrogen-bond donors (Lipinski definition) is 2. The molecule has 0 unspecified atom stereocenters. The van der Waals surface area contributed by atoms with Crippen LogP contribution in [0.4, 0.5) is 0 Å². The van der Waals surface area contributed by atoms with Gasteiger partial charge in [0.2, 0.25) is 0 Å². The van der Waals surface area contributed by atoms with Gasteiger partial charge in [-0.25, -0.2) is 0 Å². The van der Waals surface area contributed by atoms with Crippen LogP contribution in [0.1, 0.15) is 26.7 Å². The average molecular weight is 171 g/mol. The van der Waals surface area contributed by atoms with E-state index in [1.807, 2.05) is 0 Å². The smallest absolute Gasteiger partial charge is 0.307 e. The summed E-state index contributed by atoms with van der Waals surface area (Å²) in [5.74, 6) is -0.218. The second kappa shape index (κ2) is 3.90. The zero-order valence-corrected chi connectivity index (χ0v) is 7.71. The average Bonchev–Trinajstić information content (AvgIpc) is 2.04. The minimum Gasteiger partial charge on any atom is -0.481 e. The molecule has 1 saturated heterocycles. The molecule has 1 aliphatic rings. The van der Waals surface area contributed by atoms with Crippen LogP contribution in [0.25, 0.3) is 0 Å². The molecular weight excluding hydrogens is 154 g/mol. The maximum Gasteiger partial charge on any atom is 0.307 e. The molecule has 3 heteroatoms. The van der Waals surface area contributed by atoms with Gasteiger partial charge >= 0.3 is 5.97 Å². The Balaban J connectivity index is 2.34. The number of carboxylic acids is 1. The number of rotatable bonds is 2. The summed E-state index contributed by atoms with van der Waals surface area (Å²) in [4.78, 5) is 10.6. The fourth-order valence-electron chi connectivity index (χ4n) is 1.66. The molecule has 12 heavy (non-hydrogen) atoms. The number of aliphatic carboxylic acids is 1. The van der Waals surface area contributed by atoms with Gasteiger partial charge in [-0.15, -0.1) is 0 Å². The highest BCUT2D eigenvalue weighted by molar-refractivity contribution is 5.70. The Morgan fingerprint density at radius 3 is 2.50 bits per heavy atom. The first-order valence-corrected chi connectivity index (χ1v) is 4.57. The van der Waals surface area contributed by atoms with Crippen molar-refractivity contribution >= 4 is 5.97 Å². The molecule has 1 fully saturated rings. The number of nitrogens with one attached hydrogen (secondary N) is 1. The molecule has 0 aromatic carbocycles. The third kappa shape index (κ3) is 2.21. The second-order valence-electron chi connectivity index (χ2n) is 3.87. The number of carboxylic acid groups (broad SMARTS) is 1. The Morgan fingerprint density at radius 2 is 2.17 bits per heavy atom. The van der Waals surface area contributed by atoms with Gasteiger partial charge in [0.05, 0.1) is 5.92 Å². The van der Waals surface area contributed by atoms with Gasteiger partial charge in [0.15, 0.2) is 0 Å². The number of hydrogen-bond acceptors (Lipinski definition) is 2. The highest BCUT2D eigenvalue weighted by Gasteiger charge is 2.26. The topological polar surface area (TPSA) is 49.3 Å². The number of piperidine rings is 1. The van der Waals surface area contributed by atoms with E-state index in [1.54, 1.807) is 0 Å². The van der Waals surface area contributed by atoms with Gasteiger partial charge in [-0.2, -0.15) is 0 Å². The van der Waals surface area contributed by atoms with Crippen molar-refractivity contribution in [2.75, 3.05) is 6.54 Å². The van der Waals surface area contributed by atoms with Crippen molar-refractivity contribution in [1.29, 1.82) is 0 Å². The first-order valence-electron chi connectivity index (χ1n) is 4.57. The first kappa shape index (κ1) is 9.52. The Labute approximate surface area is 73.2 Å². The standard InChI is InChI=1S/C9H17NO2/c1-6(2)8-4-3-7(5-10-8)9(11)12/h6-8,10H,3-5H2,1-2H3,(H,11,12)/t7-,8+/m1/s1. The van der Waals surface area contributed by atoms with Crippen LogP contribution in [0.5, 0.6) is 0 Å². The van der Waals surface area contributed by atoms with Crippen molar-refractivity contribution in [3.05, 3.63) is 0 Å². The predicted molar refractivity (Wildman–Crippen MR) is 47.0 cm³/mol. The minimum absolute atomic E-state index is 0.167. The largest absolute Gasteiger partial charge is 0.481 e. The summed E-state index contributed by atoms with van der Waals surface area (Å²) in [6, 6.07) is 0.514. The van der Waals surface area contributed by atoms with Crippen LogP contribution < -0.4 is 5.32 Å². The Hall–Kier alpha value is -0.570. The Morgan fingerprint density at radius 1 is 1.50 bits per heavy atom. The maximum absolute atomic E-state index is 10.6. The highest BCUT2D eigenvalue weighted by atomic mass is 16.4. The fourth-order valence-corrected chi connectivity index (χ4v) is 1.66. The molecule has 1 heterocycles. The van der Waals surface area contributed by atoms with Crippen molar-refractivity contribution in [3.63, 3.8) is 0 Å². The molecule has 1 rings (SSSR count). The summed E-state index contributed by atoms with van der Waals surface area (Å²) in [5.41, 5.74) is 0. The molecule has 0 aromatic heterocycles. The molecule has 0 saturated carbocycles. The SMILES string of the molecule is CC(C)[C@@H]1CC[C@@H](C(=O)O)CN1. The van der Waals surface area contributed by atoms with E-state index in [-0.39, 0.29) is 5.92 Å². The third-order valence-electron chi connectivity index (χ3n) is 2.61. The van der Waals surface area contributed by atoms with Crippen LogP contribution in [0.3, 0.4) is 0 Å². The number of carbonyl (C=O) groups is 1. The van der Waals surface area contributed by atoms with Gasteiger partial charge in [-0.05, 0) is 18.8 Å². The van der Waals surface area contributed by atoms with Crippen molar-refractivity contribution in [1.82, 2.24) is 5.32 Å². The quantitative estimate of drug-likeness (QED) is 0.654. The van der Waals surface area contributed by atoms with E-state index in [2.05, 4.69) is 19.2 Å². The lowest BCUT2D eigenvalue weighted by Crippen LogP contribution is -2.44. The van der Waals surface area contributed by atoms with Crippen LogP contribution in [0, 0.1) is 11.8 Å². The molecule has 2 N–H and O–H groups in total. The van der Waals surface area contributed by atoms with E-state index < -0.39 is 5.97 Å². The second-order valence-corrected chi connectivity index (χ2v) is 3.87. The molecule has 0 aliphatic carbocycles. The highest BCUT2D eigenvalue weighted by Crippen LogP contribution is 2.18.